The summed E-state index contributed by atoms with van der Waals surface area (Å²) in [5, 5.41) is 19.0. The van der Waals surface area contributed by atoms with Crippen molar-refractivity contribution in [3.63, 3.8) is 0 Å². The highest BCUT2D eigenvalue weighted by molar-refractivity contribution is 6.32. The summed E-state index contributed by atoms with van der Waals surface area (Å²) in [6.07, 6.45) is 1.20. The average Bonchev–Trinajstić information content (AvgIpc) is 2.73. The number of pyridine rings is 1. The Labute approximate surface area is 111 Å². The zero-order valence-electron chi connectivity index (χ0n) is 9.55. The first kappa shape index (κ1) is 12.9. The zero-order chi connectivity index (χ0) is 14.0. The number of nitrogens with one attached hydrogen (secondary N) is 2. The number of rotatable bonds is 3. The third kappa shape index (κ3) is 2.65. The predicted molar refractivity (Wildman–Crippen MR) is 65.0 cm³/mol. The molecule has 0 radical (unpaired) electrons. The van der Waals surface area contributed by atoms with Crippen LogP contribution in [0.4, 0.5) is 11.6 Å². The second-order valence-electron chi connectivity index (χ2n) is 3.45. The van der Waals surface area contributed by atoms with E-state index in [1.165, 1.54) is 12.3 Å². The summed E-state index contributed by atoms with van der Waals surface area (Å²) < 4.78 is 0. The molecule has 19 heavy (non-hydrogen) atoms. The van der Waals surface area contributed by atoms with E-state index < -0.39 is 16.5 Å². The number of aromatic amines is 1. The Balaban J connectivity index is 2.34. The van der Waals surface area contributed by atoms with E-state index in [1.54, 1.807) is 6.92 Å². The van der Waals surface area contributed by atoms with Gasteiger partial charge in [0, 0.05) is 6.20 Å². The molecule has 1 amide bonds. The fourth-order valence-electron chi connectivity index (χ4n) is 1.35. The summed E-state index contributed by atoms with van der Waals surface area (Å²) in [6, 6.07) is 1.19. The minimum absolute atomic E-state index is 0.0183. The van der Waals surface area contributed by atoms with Gasteiger partial charge in [0.2, 0.25) is 11.1 Å². The summed E-state index contributed by atoms with van der Waals surface area (Å²) in [5.41, 5.74) is -0.777. The Morgan fingerprint density at radius 1 is 1.58 bits per heavy atom. The minimum Gasteiger partial charge on any atom is -0.289 e. The summed E-state index contributed by atoms with van der Waals surface area (Å²) in [5.74, 6) is -0.225. The van der Waals surface area contributed by atoms with E-state index >= 15 is 0 Å². The molecule has 0 spiro atoms. The van der Waals surface area contributed by atoms with E-state index in [-0.39, 0.29) is 16.7 Å². The summed E-state index contributed by atoms with van der Waals surface area (Å²) in [7, 11) is 0. The van der Waals surface area contributed by atoms with E-state index in [2.05, 4.69) is 25.5 Å². The van der Waals surface area contributed by atoms with Gasteiger partial charge in [0.1, 0.15) is 11.4 Å². The van der Waals surface area contributed by atoms with Crippen LogP contribution in [-0.2, 0) is 0 Å². The summed E-state index contributed by atoms with van der Waals surface area (Å²) >= 11 is 5.61. The van der Waals surface area contributed by atoms with Crippen molar-refractivity contribution in [2.75, 3.05) is 5.32 Å². The molecule has 0 unspecified atom stereocenters. The molecule has 0 saturated carbocycles. The summed E-state index contributed by atoms with van der Waals surface area (Å²) in [4.78, 5) is 29.4. The van der Waals surface area contributed by atoms with Gasteiger partial charge < -0.3 is 0 Å². The number of hydrogen-bond donors (Lipinski definition) is 2. The Bertz CT molecular complexity index is 655. The molecule has 2 heterocycles. The maximum absolute atomic E-state index is 11.9. The minimum atomic E-state index is -0.770. The number of anilines is 1. The lowest BCUT2D eigenvalue weighted by Gasteiger charge is -2.02. The van der Waals surface area contributed by atoms with E-state index in [4.69, 9.17) is 11.6 Å². The largest absolute Gasteiger partial charge is 0.319 e. The fourth-order valence-corrected chi connectivity index (χ4v) is 1.58. The Morgan fingerprint density at radius 3 is 2.89 bits per heavy atom. The van der Waals surface area contributed by atoms with Crippen molar-refractivity contribution < 1.29 is 9.72 Å². The molecule has 0 fully saturated rings. The van der Waals surface area contributed by atoms with Crippen LogP contribution in [0, 0.1) is 17.0 Å². The predicted octanol–water partition coefficient (Wildman–Crippen LogP) is 1.32. The number of carbonyl (C=O) groups is 1. The van der Waals surface area contributed by atoms with Crippen LogP contribution in [0.3, 0.4) is 0 Å². The Kier molecular flexibility index (Phi) is 3.38. The maximum atomic E-state index is 11.9. The van der Waals surface area contributed by atoms with Crippen LogP contribution >= 0.6 is 11.6 Å². The van der Waals surface area contributed by atoms with Crippen LogP contribution in [0.25, 0.3) is 0 Å². The molecule has 0 aliphatic rings. The number of aromatic nitrogens is 4. The smallest absolute Gasteiger partial charge is 0.289 e. The lowest BCUT2D eigenvalue weighted by atomic mass is 10.2. The molecule has 0 aromatic carbocycles. The number of H-pyrrole nitrogens is 1. The van der Waals surface area contributed by atoms with Crippen molar-refractivity contribution in [3.05, 3.63) is 38.9 Å². The van der Waals surface area contributed by atoms with Crippen molar-refractivity contribution in [1.29, 1.82) is 0 Å². The lowest BCUT2D eigenvalue weighted by Crippen LogP contribution is -2.15. The molecule has 10 heteroatoms. The molecule has 98 valence electrons. The van der Waals surface area contributed by atoms with Crippen molar-refractivity contribution in [1.82, 2.24) is 20.2 Å². The van der Waals surface area contributed by atoms with Crippen molar-refractivity contribution in [3.8, 4) is 0 Å². The number of amides is 1. The molecular formula is C9H7ClN6O3. The number of aryl methyl sites for hydroxylation is 1. The molecule has 2 N–H and O–H groups in total. The number of nitrogens with zero attached hydrogens (tertiary/aromatic N) is 4. The molecule has 0 aliphatic heterocycles. The Hall–Kier alpha value is -2.55. The van der Waals surface area contributed by atoms with Crippen LogP contribution in [0.1, 0.15) is 16.2 Å². The van der Waals surface area contributed by atoms with Crippen LogP contribution in [-0.4, -0.2) is 31.0 Å². The van der Waals surface area contributed by atoms with Gasteiger partial charge in [0.15, 0.2) is 0 Å². The standard InChI is InChI=1S/C9H7ClN6O3/c1-4-12-9(15-14-4)13-8(17)5-2-3-11-7(10)6(5)16(18)19/h2-3H,1H3,(H2,12,13,14,15,17). The molecule has 0 bridgehead atoms. The Morgan fingerprint density at radius 2 is 2.32 bits per heavy atom. The zero-order valence-corrected chi connectivity index (χ0v) is 10.3. The van der Waals surface area contributed by atoms with Crippen molar-refractivity contribution in [2.45, 2.75) is 6.92 Å². The molecule has 0 atom stereocenters. The first-order chi connectivity index (χ1) is 8.99. The molecule has 9 nitrogen and oxygen atoms in total. The second kappa shape index (κ2) is 4.98. The van der Waals surface area contributed by atoms with Crippen molar-refractivity contribution >= 4 is 29.1 Å². The normalized spacial score (nSPS) is 10.2. The van der Waals surface area contributed by atoms with Crippen LogP contribution in [0.2, 0.25) is 5.15 Å². The van der Waals surface area contributed by atoms with Crippen LogP contribution in [0.5, 0.6) is 0 Å². The third-order valence-electron chi connectivity index (χ3n) is 2.13. The number of hydrogen-bond acceptors (Lipinski definition) is 6. The van der Waals surface area contributed by atoms with Gasteiger partial charge in [-0.15, -0.1) is 5.10 Å². The van der Waals surface area contributed by atoms with E-state index in [9.17, 15) is 14.9 Å². The molecule has 2 aromatic rings. The SMILES string of the molecule is Cc1nc(NC(=O)c2ccnc(Cl)c2[N+](=O)[O-])n[nH]1. The average molecular weight is 283 g/mol. The van der Waals surface area contributed by atoms with Gasteiger partial charge in [-0.25, -0.2) is 4.98 Å². The molecule has 0 saturated heterocycles. The number of nitro groups is 1. The van der Waals surface area contributed by atoms with Gasteiger partial charge in [-0.05, 0) is 13.0 Å². The summed E-state index contributed by atoms with van der Waals surface area (Å²) in [6.45, 7) is 1.65. The number of carbonyl (C=O) groups excluding carboxylic acids is 1. The van der Waals surface area contributed by atoms with Gasteiger partial charge in [-0.1, -0.05) is 11.6 Å². The molecule has 0 aliphatic carbocycles. The highest BCUT2D eigenvalue weighted by Crippen LogP contribution is 2.26. The van der Waals surface area contributed by atoms with Gasteiger partial charge in [0.05, 0.1) is 4.92 Å². The van der Waals surface area contributed by atoms with E-state index in [1.807, 2.05) is 0 Å². The third-order valence-corrected chi connectivity index (χ3v) is 2.41. The molecular weight excluding hydrogens is 276 g/mol. The first-order valence-corrected chi connectivity index (χ1v) is 5.36. The van der Waals surface area contributed by atoms with Crippen LogP contribution in [0.15, 0.2) is 12.3 Å². The molecule has 2 aromatic heterocycles. The second-order valence-corrected chi connectivity index (χ2v) is 3.81. The lowest BCUT2D eigenvalue weighted by molar-refractivity contribution is -0.385. The van der Waals surface area contributed by atoms with Crippen molar-refractivity contribution in [2.24, 2.45) is 0 Å². The number of halogens is 1. The maximum Gasteiger partial charge on any atom is 0.319 e. The van der Waals surface area contributed by atoms with E-state index in [0.717, 1.165) is 0 Å². The first-order valence-electron chi connectivity index (χ1n) is 4.98. The fraction of sp³-hybridized carbons (Fsp3) is 0.111. The van der Waals surface area contributed by atoms with Gasteiger partial charge >= 0.3 is 5.69 Å². The van der Waals surface area contributed by atoms with Gasteiger partial charge in [-0.2, -0.15) is 4.98 Å². The van der Waals surface area contributed by atoms with Crippen LogP contribution < -0.4 is 5.32 Å². The highest BCUT2D eigenvalue weighted by Gasteiger charge is 2.25. The highest BCUT2D eigenvalue weighted by atomic mass is 35.5. The monoisotopic (exact) mass is 282 g/mol. The van der Waals surface area contributed by atoms with E-state index in [0.29, 0.717) is 5.82 Å². The quantitative estimate of drug-likeness (QED) is 0.496. The van der Waals surface area contributed by atoms with Gasteiger partial charge in [-0.3, -0.25) is 25.3 Å². The topological polar surface area (TPSA) is 127 Å². The van der Waals surface area contributed by atoms with Gasteiger partial charge in [0.25, 0.3) is 5.91 Å². The molecule has 2 rings (SSSR count).